The van der Waals surface area contributed by atoms with Gasteiger partial charge < -0.3 is 14.6 Å². The highest BCUT2D eigenvalue weighted by Crippen LogP contribution is 2.41. The highest BCUT2D eigenvalue weighted by molar-refractivity contribution is 7.89. The minimum Gasteiger partial charge on any atom is -0.354 e. The highest BCUT2D eigenvalue weighted by atomic mass is 32.2. The van der Waals surface area contributed by atoms with Gasteiger partial charge in [0.1, 0.15) is 11.4 Å². The van der Waals surface area contributed by atoms with Crippen LogP contribution in [-0.2, 0) is 31.7 Å². The molecule has 1 aromatic heterocycles. The van der Waals surface area contributed by atoms with Crippen molar-refractivity contribution in [1.29, 1.82) is 0 Å². The van der Waals surface area contributed by atoms with Crippen LogP contribution in [0, 0.1) is 12.8 Å². The molecule has 1 saturated heterocycles. The lowest BCUT2D eigenvalue weighted by atomic mass is 9.89. The number of amides is 1. The fraction of sp³-hybridized carbons (Fsp3) is 0.545. The monoisotopic (exact) mass is 444 g/mol. The number of benzene rings is 1. The second-order valence-electron chi connectivity index (χ2n) is 8.91. The molecule has 2 fully saturated rings. The normalized spacial score (nSPS) is 23.5. The third-order valence-electron chi connectivity index (χ3n) is 6.60. The van der Waals surface area contributed by atoms with Gasteiger partial charge in [-0.1, -0.05) is 17.7 Å². The average molecular weight is 445 g/mol. The minimum atomic E-state index is -3.57. The quantitative estimate of drug-likeness (QED) is 0.759. The molecule has 8 nitrogen and oxygen atoms in total. The van der Waals surface area contributed by atoms with Crippen LogP contribution in [0.2, 0.25) is 0 Å². The van der Waals surface area contributed by atoms with Crippen LogP contribution < -0.4 is 5.32 Å². The summed E-state index contributed by atoms with van der Waals surface area (Å²) in [4.78, 5) is 17.6. The van der Waals surface area contributed by atoms with Gasteiger partial charge in [-0.25, -0.2) is 13.4 Å². The summed E-state index contributed by atoms with van der Waals surface area (Å²) in [6.07, 6.45) is 6.26. The van der Waals surface area contributed by atoms with E-state index in [2.05, 4.69) is 10.3 Å². The van der Waals surface area contributed by atoms with Gasteiger partial charge in [-0.15, -0.1) is 0 Å². The number of fused-ring (bicyclic) bond motifs is 2. The third-order valence-corrected chi connectivity index (χ3v) is 8.51. The van der Waals surface area contributed by atoms with E-state index < -0.39 is 21.7 Å². The molecule has 9 heteroatoms. The lowest BCUT2D eigenvalue weighted by molar-refractivity contribution is -0.170. The van der Waals surface area contributed by atoms with Gasteiger partial charge in [0.25, 0.3) is 5.91 Å². The summed E-state index contributed by atoms with van der Waals surface area (Å²) < 4.78 is 36.1. The fourth-order valence-corrected chi connectivity index (χ4v) is 5.94. The molecule has 2 aliphatic heterocycles. The van der Waals surface area contributed by atoms with E-state index in [1.165, 1.54) is 17.1 Å². The summed E-state index contributed by atoms with van der Waals surface area (Å²) >= 11 is 0. The third kappa shape index (κ3) is 3.90. The van der Waals surface area contributed by atoms with Gasteiger partial charge in [0.05, 0.1) is 11.4 Å². The molecule has 3 heterocycles. The van der Waals surface area contributed by atoms with Gasteiger partial charge in [0, 0.05) is 32.0 Å². The lowest BCUT2D eigenvalue weighted by Gasteiger charge is -2.45. The van der Waals surface area contributed by atoms with E-state index in [0.717, 1.165) is 11.4 Å². The van der Waals surface area contributed by atoms with Crippen molar-refractivity contribution in [3.8, 4) is 0 Å². The van der Waals surface area contributed by atoms with Crippen LogP contribution in [0.1, 0.15) is 37.1 Å². The molecule has 166 valence electrons. The van der Waals surface area contributed by atoms with E-state index in [1.807, 2.05) is 29.8 Å². The first-order valence-electron chi connectivity index (χ1n) is 10.9. The van der Waals surface area contributed by atoms with Gasteiger partial charge in [-0.05, 0) is 50.7 Å². The van der Waals surface area contributed by atoms with Crippen LogP contribution in [0.25, 0.3) is 0 Å². The Labute approximate surface area is 182 Å². The molecule has 1 N–H and O–H groups in total. The number of ether oxygens (including phenoxy) is 1. The molecule has 0 bridgehead atoms. The number of carbonyl (C=O) groups is 1. The van der Waals surface area contributed by atoms with E-state index in [0.29, 0.717) is 49.8 Å². The molecular weight excluding hydrogens is 416 g/mol. The van der Waals surface area contributed by atoms with Gasteiger partial charge >= 0.3 is 0 Å². The number of rotatable bonds is 5. The molecule has 0 unspecified atom stereocenters. The van der Waals surface area contributed by atoms with Crippen LogP contribution in [0.15, 0.2) is 41.6 Å². The van der Waals surface area contributed by atoms with E-state index in [1.54, 1.807) is 18.3 Å². The van der Waals surface area contributed by atoms with Crippen LogP contribution in [0.3, 0.4) is 0 Å². The van der Waals surface area contributed by atoms with E-state index in [9.17, 15) is 13.2 Å². The van der Waals surface area contributed by atoms with Crippen LogP contribution in [0.5, 0.6) is 0 Å². The summed E-state index contributed by atoms with van der Waals surface area (Å²) in [6, 6.07) is 6.92. The van der Waals surface area contributed by atoms with E-state index in [-0.39, 0.29) is 5.91 Å². The van der Waals surface area contributed by atoms with Gasteiger partial charge in [0.2, 0.25) is 10.0 Å². The first-order valence-corrected chi connectivity index (χ1v) is 12.4. The Balaban J connectivity index is 1.33. The van der Waals surface area contributed by atoms with Crippen LogP contribution >= 0.6 is 0 Å². The zero-order valence-corrected chi connectivity index (χ0v) is 18.5. The number of nitrogens with zero attached hydrogens (tertiary/aromatic N) is 3. The summed E-state index contributed by atoms with van der Waals surface area (Å²) in [7, 11) is -3.57. The predicted molar refractivity (Wildman–Crippen MR) is 114 cm³/mol. The maximum absolute atomic E-state index is 13.1. The number of aryl methyl sites for hydroxylation is 1. The van der Waals surface area contributed by atoms with Gasteiger partial charge in [0.15, 0.2) is 6.10 Å². The van der Waals surface area contributed by atoms with Crippen molar-refractivity contribution in [3.63, 3.8) is 0 Å². The largest absolute Gasteiger partial charge is 0.354 e. The van der Waals surface area contributed by atoms with Crippen molar-refractivity contribution in [2.45, 2.75) is 55.8 Å². The number of piperidine rings is 1. The van der Waals surface area contributed by atoms with Crippen molar-refractivity contribution in [1.82, 2.24) is 19.2 Å². The van der Waals surface area contributed by atoms with Crippen LogP contribution in [-0.4, -0.2) is 53.9 Å². The summed E-state index contributed by atoms with van der Waals surface area (Å²) in [5.74, 6) is 1.28. The van der Waals surface area contributed by atoms with Crippen molar-refractivity contribution >= 4 is 15.9 Å². The number of carbonyl (C=O) groups excluding carboxylic acids is 1. The number of hydrogen-bond donors (Lipinski definition) is 1. The van der Waals surface area contributed by atoms with E-state index >= 15 is 0 Å². The summed E-state index contributed by atoms with van der Waals surface area (Å²) in [5, 5.41) is 3.01. The molecule has 2 aromatic rings. The number of nitrogens with one attached hydrogen (secondary N) is 1. The standard InChI is InChI=1S/C22H28N4O4S/c1-16-2-6-18(7-3-16)31(28,29)26-11-8-22(9-12-26)21-23-10-13-25(21)15-19(30-22)20(27)24-14-17-4-5-17/h2-3,6-7,10,13,17,19H,4-5,8-9,11-12,14-15H2,1H3,(H,24,27)/t19-/m1/s1. The van der Waals surface area contributed by atoms with Crippen molar-refractivity contribution in [2.75, 3.05) is 19.6 Å². The molecule has 1 spiro atoms. The molecule has 31 heavy (non-hydrogen) atoms. The average Bonchev–Trinajstić information content (AvgIpc) is 3.47. The number of sulfonamides is 1. The molecule has 1 aromatic carbocycles. The maximum atomic E-state index is 13.1. The molecule has 1 amide bonds. The molecule has 1 saturated carbocycles. The fourth-order valence-electron chi connectivity index (χ4n) is 4.50. The highest BCUT2D eigenvalue weighted by Gasteiger charge is 2.48. The molecule has 0 radical (unpaired) electrons. The Morgan fingerprint density at radius 2 is 1.94 bits per heavy atom. The first kappa shape index (κ1) is 20.7. The van der Waals surface area contributed by atoms with Gasteiger partial charge in [-0.2, -0.15) is 4.31 Å². The lowest BCUT2D eigenvalue weighted by Crippen LogP contribution is -2.54. The molecule has 3 aliphatic rings. The molecule has 1 aliphatic carbocycles. The zero-order chi connectivity index (χ0) is 21.6. The maximum Gasteiger partial charge on any atom is 0.251 e. The predicted octanol–water partition coefficient (Wildman–Crippen LogP) is 1.80. The van der Waals surface area contributed by atoms with Crippen molar-refractivity contribution in [3.05, 3.63) is 48.0 Å². The number of imidazole rings is 1. The van der Waals surface area contributed by atoms with E-state index in [4.69, 9.17) is 4.74 Å². The number of hydrogen-bond acceptors (Lipinski definition) is 5. The second kappa shape index (κ2) is 7.72. The second-order valence-corrected chi connectivity index (χ2v) is 10.8. The molecule has 1 atom stereocenters. The van der Waals surface area contributed by atoms with Crippen LogP contribution in [0.4, 0.5) is 0 Å². The summed E-state index contributed by atoms with van der Waals surface area (Å²) in [5.41, 5.74) is 0.271. The Morgan fingerprint density at radius 3 is 2.61 bits per heavy atom. The molecule has 5 rings (SSSR count). The Kier molecular flexibility index (Phi) is 5.15. The topological polar surface area (TPSA) is 93.5 Å². The zero-order valence-electron chi connectivity index (χ0n) is 17.7. The first-order chi connectivity index (χ1) is 14.9. The molecular formula is C22H28N4O4S. The SMILES string of the molecule is Cc1ccc(S(=O)(=O)N2CCC3(CC2)O[C@@H](C(=O)NCC2CC2)Cn2ccnc23)cc1. The Bertz CT molecular complexity index is 1070. The minimum absolute atomic E-state index is 0.0969. The smallest absolute Gasteiger partial charge is 0.251 e. The number of aromatic nitrogens is 2. The Morgan fingerprint density at radius 1 is 1.23 bits per heavy atom. The van der Waals surface area contributed by atoms with Crippen molar-refractivity contribution in [2.24, 2.45) is 5.92 Å². The van der Waals surface area contributed by atoms with Crippen molar-refractivity contribution < 1.29 is 17.9 Å². The Hall–Kier alpha value is -2.23. The van der Waals surface area contributed by atoms with Gasteiger partial charge in [-0.3, -0.25) is 4.79 Å². The summed E-state index contributed by atoms with van der Waals surface area (Å²) in [6.45, 7) is 3.70.